The van der Waals surface area contributed by atoms with E-state index in [1.807, 2.05) is 54.6 Å². The zero-order chi connectivity index (χ0) is 20.1. The Balaban J connectivity index is 1.46. The number of ether oxygens (including phenoxy) is 1. The normalized spacial score (nSPS) is 11.9. The van der Waals surface area contributed by atoms with Crippen molar-refractivity contribution in [2.75, 3.05) is 0 Å². The Labute approximate surface area is 171 Å². The van der Waals surface area contributed by atoms with Crippen molar-refractivity contribution in [1.82, 2.24) is 10.3 Å². The van der Waals surface area contributed by atoms with E-state index >= 15 is 0 Å². The average molecular weight is 406 g/mol. The molecular formula is C22H18N2O4S. The highest BCUT2D eigenvalue weighted by atomic mass is 32.1. The maximum Gasteiger partial charge on any atom is 0.329 e. The molecule has 7 heteroatoms. The predicted molar refractivity (Wildman–Crippen MR) is 110 cm³/mol. The highest BCUT2D eigenvalue weighted by Gasteiger charge is 2.25. The molecule has 0 saturated heterocycles. The number of amides is 1. The number of rotatable bonds is 7. The fourth-order valence-electron chi connectivity index (χ4n) is 2.90. The lowest BCUT2D eigenvalue weighted by Crippen LogP contribution is -2.43. The van der Waals surface area contributed by atoms with Gasteiger partial charge < -0.3 is 14.5 Å². The third-order valence-electron chi connectivity index (χ3n) is 4.29. The Morgan fingerprint density at radius 1 is 1.03 bits per heavy atom. The van der Waals surface area contributed by atoms with Gasteiger partial charge in [-0.15, -0.1) is 11.3 Å². The van der Waals surface area contributed by atoms with E-state index in [2.05, 4.69) is 10.3 Å². The number of esters is 1. The second kappa shape index (κ2) is 8.70. The minimum atomic E-state index is -0.843. The molecule has 4 aromatic rings. The Morgan fingerprint density at radius 3 is 2.59 bits per heavy atom. The van der Waals surface area contributed by atoms with Crippen molar-refractivity contribution in [3.8, 4) is 0 Å². The number of fused-ring (bicyclic) bond motifs is 1. The van der Waals surface area contributed by atoms with E-state index in [0.717, 1.165) is 15.8 Å². The van der Waals surface area contributed by atoms with Gasteiger partial charge in [-0.1, -0.05) is 42.5 Å². The van der Waals surface area contributed by atoms with Gasteiger partial charge in [-0.05, 0) is 29.8 Å². The van der Waals surface area contributed by atoms with E-state index in [1.54, 1.807) is 12.1 Å². The highest BCUT2D eigenvalue weighted by molar-refractivity contribution is 7.18. The summed E-state index contributed by atoms with van der Waals surface area (Å²) in [5.41, 5.74) is 1.78. The number of para-hydroxylation sites is 1. The first-order valence-corrected chi connectivity index (χ1v) is 9.90. The van der Waals surface area contributed by atoms with Crippen LogP contribution in [0.3, 0.4) is 0 Å². The van der Waals surface area contributed by atoms with Crippen LogP contribution >= 0.6 is 11.3 Å². The van der Waals surface area contributed by atoms with Crippen molar-refractivity contribution in [3.05, 3.63) is 89.3 Å². The number of carbonyl (C=O) groups excluding carboxylic acids is 2. The standard InChI is InChI=1S/C22H18N2O4S/c25-21(18-10-6-12-27-18)24-17(13-15-7-2-1-3-8-15)22(26)28-14-20-23-16-9-4-5-11-19(16)29-20/h1-12,17H,13-14H2,(H,24,25)/t17-/m0/s1. The van der Waals surface area contributed by atoms with Gasteiger partial charge in [-0.2, -0.15) is 0 Å². The van der Waals surface area contributed by atoms with E-state index in [-0.39, 0.29) is 12.4 Å². The quantitative estimate of drug-likeness (QED) is 0.470. The topological polar surface area (TPSA) is 81.4 Å². The molecule has 0 aliphatic carbocycles. The second-order valence-electron chi connectivity index (χ2n) is 6.38. The molecule has 0 spiro atoms. The maximum absolute atomic E-state index is 12.8. The lowest BCUT2D eigenvalue weighted by atomic mass is 10.1. The molecular weight excluding hydrogens is 388 g/mol. The number of nitrogens with one attached hydrogen (secondary N) is 1. The molecule has 0 radical (unpaired) electrons. The molecule has 29 heavy (non-hydrogen) atoms. The number of thiazole rings is 1. The summed E-state index contributed by atoms with van der Waals surface area (Å²) < 4.78 is 11.6. The number of benzene rings is 2. The van der Waals surface area contributed by atoms with Crippen molar-refractivity contribution in [3.63, 3.8) is 0 Å². The van der Waals surface area contributed by atoms with Crippen molar-refractivity contribution in [1.29, 1.82) is 0 Å². The van der Waals surface area contributed by atoms with E-state index in [1.165, 1.54) is 17.6 Å². The number of nitrogens with zero attached hydrogens (tertiary/aromatic N) is 1. The molecule has 2 aromatic carbocycles. The molecule has 1 amide bonds. The van der Waals surface area contributed by atoms with Crippen LogP contribution in [-0.4, -0.2) is 22.9 Å². The third-order valence-corrected chi connectivity index (χ3v) is 5.30. The molecule has 1 atom stereocenters. The minimum Gasteiger partial charge on any atom is -0.459 e. The summed E-state index contributed by atoms with van der Waals surface area (Å²) >= 11 is 1.48. The summed E-state index contributed by atoms with van der Waals surface area (Å²) in [6, 6.07) is 19.5. The molecule has 2 aromatic heterocycles. The first-order valence-electron chi connectivity index (χ1n) is 9.08. The van der Waals surface area contributed by atoms with Gasteiger partial charge in [0.1, 0.15) is 17.7 Å². The van der Waals surface area contributed by atoms with Crippen LogP contribution in [0.15, 0.2) is 77.4 Å². The van der Waals surface area contributed by atoms with Crippen LogP contribution in [0.1, 0.15) is 21.1 Å². The first-order chi connectivity index (χ1) is 14.2. The summed E-state index contributed by atoms with van der Waals surface area (Å²) in [5, 5.41) is 3.41. The van der Waals surface area contributed by atoms with Crippen molar-refractivity contribution in [2.45, 2.75) is 19.1 Å². The Bertz CT molecular complexity index is 1070. The monoisotopic (exact) mass is 406 g/mol. The van der Waals surface area contributed by atoms with Crippen LogP contribution in [0.4, 0.5) is 0 Å². The molecule has 0 aliphatic heterocycles. The molecule has 2 heterocycles. The summed E-state index contributed by atoms with van der Waals surface area (Å²) in [6.07, 6.45) is 1.72. The van der Waals surface area contributed by atoms with Gasteiger partial charge in [0, 0.05) is 6.42 Å². The Kier molecular flexibility index (Phi) is 5.67. The maximum atomic E-state index is 12.8. The van der Waals surface area contributed by atoms with E-state index in [0.29, 0.717) is 11.4 Å². The zero-order valence-corrected chi connectivity index (χ0v) is 16.2. The number of aromatic nitrogens is 1. The number of hydrogen-bond donors (Lipinski definition) is 1. The smallest absolute Gasteiger partial charge is 0.329 e. The molecule has 4 rings (SSSR count). The summed E-state index contributed by atoms with van der Waals surface area (Å²) in [4.78, 5) is 29.6. The third kappa shape index (κ3) is 4.70. The van der Waals surface area contributed by atoms with Crippen LogP contribution < -0.4 is 5.32 Å². The van der Waals surface area contributed by atoms with Gasteiger partial charge >= 0.3 is 5.97 Å². The molecule has 0 unspecified atom stereocenters. The first kappa shape index (κ1) is 18.9. The molecule has 0 fully saturated rings. The average Bonchev–Trinajstić information content (AvgIpc) is 3.42. The van der Waals surface area contributed by atoms with Gasteiger partial charge in [0.15, 0.2) is 5.76 Å². The molecule has 0 saturated carbocycles. The summed E-state index contributed by atoms with van der Waals surface area (Å²) in [5.74, 6) is -0.845. The van der Waals surface area contributed by atoms with E-state index in [9.17, 15) is 9.59 Å². The number of furan rings is 1. The lowest BCUT2D eigenvalue weighted by molar-refractivity contribution is -0.147. The van der Waals surface area contributed by atoms with Gasteiger partial charge in [-0.3, -0.25) is 4.79 Å². The van der Waals surface area contributed by atoms with Crippen molar-refractivity contribution >= 4 is 33.4 Å². The van der Waals surface area contributed by atoms with Gasteiger partial charge in [-0.25, -0.2) is 9.78 Å². The molecule has 0 aliphatic rings. The Morgan fingerprint density at radius 2 is 1.83 bits per heavy atom. The van der Waals surface area contributed by atoms with Crippen LogP contribution in [0.5, 0.6) is 0 Å². The molecule has 0 bridgehead atoms. The number of hydrogen-bond acceptors (Lipinski definition) is 6. The SMILES string of the molecule is O=C(N[C@@H](Cc1ccccc1)C(=O)OCc1nc2ccccc2s1)c1ccco1. The zero-order valence-electron chi connectivity index (χ0n) is 15.4. The van der Waals surface area contributed by atoms with Crippen LogP contribution in [0.25, 0.3) is 10.2 Å². The van der Waals surface area contributed by atoms with Crippen molar-refractivity contribution < 1.29 is 18.7 Å². The fraction of sp³-hybridized carbons (Fsp3) is 0.136. The fourth-order valence-corrected chi connectivity index (χ4v) is 3.78. The Hall–Kier alpha value is -3.45. The van der Waals surface area contributed by atoms with Gasteiger partial charge in [0.05, 0.1) is 16.5 Å². The van der Waals surface area contributed by atoms with Crippen LogP contribution in [-0.2, 0) is 22.6 Å². The highest BCUT2D eigenvalue weighted by Crippen LogP contribution is 2.22. The van der Waals surface area contributed by atoms with E-state index in [4.69, 9.17) is 9.15 Å². The molecule has 6 nitrogen and oxygen atoms in total. The summed E-state index contributed by atoms with van der Waals surface area (Å²) in [6.45, 7) is 0.0556. The van der Waals surface area contributed by atoms with Gasteiger partial charge in [0.2, 0.25) is 0 Å². The predicted octanol–water partition coefficient (Wildman–Crippen LogP) is 3.97. The summed E-state index contributed by atoms with van der Waals surface area (Å²) in [7, 11) is 0. The molecule has 1 N–H and O–H groups in total. The minimum absolute atomic E-state index is 0.0556. The number of carbonyl (C=O) groups is 2. The largest absolute Gasteiger partial charge is 0.459 e. The van der Waals surface area contributed by atoms with Gasteiger partial charge in [0.25, 0.3) is 5.91 Å². The second-order valence-corrected chi connectivity index (χ2v) is 7.49. The lowest BCUT2D eigenvalue weighted by Gasteiger charge is -2.17. The van der Waals surface area contributed by atoms with E-state index < -0.39 is 17.9 Å². The van der Waals surface area contributed by atoms with Crippen LogP contribution in [0, 0.1) is 0 Å². The van der Waals surface area contributed by atoms with Crippen LogP contribution in [0.2, 0.25) is 0 Å². The molecule has 146 valence electrons. The van der Waals surface area contributed by atoms with Crippen molar-refractivity contribution in [2.24, 2.45) is 0 Å².